The van der Waals surface area contributed by atoms with Gasteiger partial charge in [0, 0.05) is 23.6 Å². The number of fused-ring (bicyclic) bond motifs is 1. The Hall–Kier alpha value is -1.48. The molecule has 1 heterocycles. The van der Waals surface area contributed by atoms with Crippen LogP contribution in [0.1, 0.15) is 19.4 Å². The number of benzene rings is 1. The van der Waals surface area contributed by atoms with Crippen molar-refractivity contribution in [2.45, 2.75) is 20.3 Å². The van der Waals surface area contributed by atoms with Gasteiger partial charge in [-0.15, -0.1) is 0 Å². The monoisotopic (exact) mass is 246 g/mol. The zero-order valence-corrected chi connectivity index (χ0v) is 11.5. The molecule has 0 aliphatic rings. The molecule has 0 bridgehead atoms. The number of likely N-dealkylation sites (N-methyl/N-ethyl adjacent to an activating group) is 1. The van der Waals surface area contributed by atoms with Gasteiger partial charge < -0.3 is 14.6 Å². The molecule has 0 spiro atoms. The predicted molar refractivity (Wildman–Crippen MR) is 76.3 cm³/mol. The summed E-state index contributed by atoms with van der Waals surface area (Å²) in [6, 6.07) is 6.19. The van der Waals surface area contributed by atoms with Crippen molar-refractivity contribution in [3.63, 3.8) is 0 Å². The Kier molecular flexibility index (Phi) is 4.26. The Morgan fingerprint density at radius 3 is 2.67 bits per heavy atom. The van der Waals surface area contributed by atoms with Crippen molar-refractivity contribution in [1.82, 2.24) is 9.88 Å². The van der Waals surface area contributed by atoms with E-state index in [1.165, 1.54) is 16.5 Å². The van der Waals surface area contributed by atoms with Crippen LogP contribution in [0.3, 0.4) is 0 Å². The molecule has 0 aliphatic carbocycles. The quantitative estimate of drug-likeness (QED) is 0.848. The van der Waals surface area contributed by atoms with Gasteiger partial charge in [0.2, 0.25) is 0 Å². The average molecular weight is 246 g/mol. The van der Waals surface area contributed by atoms with Crippen molar-refractivity contribution in [1.29, 1.82) is 0 Å². The minimum atomic E-state index is 0.922. The van der Waals surface area contributed by atoms with Crippen LogP contribution in [-0.4, -0.2) is 36.6 Å². The fourth-order valence-electron chi connectivity index (χ4n) is 2.31. The number of nitrogens with zero attached hydrogens (tertiary/aromatic N) is 1. The van der Waals surface area contributed by atoms with Crippen LogP contribution < -0.4 is 4.74 Å². The molecule has 18 heavy (non-hydrogen) atoms. The third-order valence-electron chi connectivity index (χ3n) is 3.57. The highest BCUT2D eigenvalue weighted by Gasteiger charge is 2.06. The Morgan fingerprint density at radius 1 is 1.22 bits per heavy atom. The molecular weight excluding hydrogens is 224 g/mol. The summed E-state index contributed by atoms with van der Waals surface area (Å²) in [5.74, 6) is 0.922. The van der Waals surface area contributed by atoms with Gasteiger partial charge in [-0.3, -0.25) is 0 Å². The zero-order chi connectivity index (χ0) is 13.0. The number of hydrogen-bond acceptors (Lipinski definition) is 2. The lowest BCUT2D eigenvalue weighted by Crippen LogP contribution is -2.25. The molecule has 0 amide bonds. The van der Waals surface area contributed by atoms with Gasteiger partial charge in [-0.2, -0.15) is 0 Å². The molecule has 3 nitrogen and oxygen atoms in total. The van der Waals surface area contributed by atoms with Crippen LogP contribution in [0, 0.1) is 0 Å². The zero-order valence-electron chi connectivity index (χ0n) is 11.5. The van der Waals surface area contributed by atoms with E-state index in [0.29, 0.717) is 0 Å². The summed E-state index contributed by atoms with van der Waals surface area (Å²) in [5.41, 5.74) is 2.56. The molecule has 0 saturated carbocycles. The first-order valence-electron chi connectivity index (χ1n) is 6.64. The van der Waals surface area contributed by atoms with Gasteiger partial charge in [0.15, 0.2) is 0 Å². The number of methoxy groups -OCH3 is 1. The second-order valence-electron chi connectivity index (χ2n) is 4.50. The normalized spacial score (nSPS) is 11.3. The van der Waals surface area contributed by atoms with Crippen LogP contribution in [0.4, 0.5) is 0 Å². The Morgan fingerprint density at radius 2 is 2.00 bits per heavy atom. The number of aromatic amines is 1. The number of rotatable bonds is 6. The summed E-state index contributed by atoms with van der Waals surface area (Å²) in [6.07, 6.45) is 3.20. The van der Waals surface area contributed by atoms with Crippen LogP contribution in [0.15, 0.2) is 24.4 Å². The molecule has 1 N–H and O–H groups in total. The first kappa shape index (κ1) is 13.0. The maximum Gasteiger partial charge on any atom is 0.119 e. The number of ether oxygens (including phenoxy) is 1. The average Bonchev–Trinajstić information content (AvgIpc) is 2.82. The van der Waals surface area contributed by atoms with Gasteiger partial charge >= 0.3 is 0 Å². The molecule has 1 aromatic heterocycles. The molecule has 1 aromatic carbocycles. The smallest absolute Gasteiger partial charge is 0.119 e. The van der Waals surface area contributed by atoms with Gasteiger partial charge in [-0.05, 0) is 43.3 Å². The van der Waals surface area contributed by atoms with Crippen LogP contribution in [-0.2, 0) is 6.42 Å². The molecule has 2 rings (SSSR count). The maximum atomic E-state index is 5.29. The van der Waals surface area contributed by atoms with E-state index in [2.05, 4.69) is 42.1 Å². The van der Waals surface area contributed by atoms with Crippen LogP contribution in [0.25, 0.3) is 10.9 Å². The van der Waals surface area contributed by atoms with E-state index >= 15 is 0 Å². The minimum Gasteiger partial charge on any atom is -0.497 e. The van der Waals surface area contributed by atoms with Gasteiger partial charge in [0.25, 0.3) is 0 Å². The number of hydrogen-bond donors (Lipinski definition) is 1. The van der Waals surface area contributed by atoms with Gasteiger partial charge in [0.1, 0.15) is 5.75 Å². The third-order valence-corrected chi connectivity index (χ3v) is 3.57. The van der Waals surface area contributed by atoms with Crippen molar-refractivity contribution in [3.05, 3.63) is 30.0 Å². The van der Waals surface area contributed by atoms with Gasteiger partial charge in [-0.1, -0.05) is 13.8 Å². The molecule has 98 valence electrons. The topological polar surface area (TPSA) is 28.3 Å². The highest BCUT2D eigenvalue weighted by atomic mass is 16.5. The van der Waals surface area contributed by atoms with E-state index < -0.39 is 0 Å². The van der Waals surface area contributed by atoms with Crippen LogP contribution in [0.2, 0.25) is 0 Å². The first-order valence-corrected chi connectivity index (χ1v) is 6.64. The van der Waals surface area contributed by atoms with Crippen molar-refractivity contribution in [2.24, 2.45) is 0 Å². The lowest BCUT2D eigenvalue weighted by molar-refractivity contribution is 0.308. The van der Waals surface area contributed by atoms with Crippen molar-refractivity contribution >= 4 is 10.9 Å². The van der Waals surface area contributed by atoms with E-state index in [0.717, 1.165) is 31.8 Å². The van der Waals surface area contributed by atoms with Crippen molar-refractivity contribution in [2.75, 3.05) is 26.7 Å². The number of nitrogens with one attached hydrogen (secondary N) is 1. The summed E-state index contributed by atoms with van der Waals surface area (Å²) in [5, 5.41) is 1.28. The van der Waals surface area contributed by atoms with Gasteiger partial charge in [0.05, 0.1) is 7.11 Å². The highest BCUT2D eigenvalue weighted by Crippen LogP contribution is 2.23. The predicted octanol–water partition coefficient (Wildman–Crippen LogP) is 3.06. The Balaban J connectivity index is 2.17. The molecular formula is C15H22N2O. The van der Waals surface area contributed by atoms with E-state index in [4.69, 9.17) is 4.74 Å². The SMILES string of the molecule is CCN(CC)CCc1c[nH]c2ccc(OC)cc12. The first-order chi connectivity index (χ1) is 8.78. The largest absolute Gasteiger partial charge is 0.497 e. The van der Waals surface area contributed by atoms with E-state index in [1.807, 2.05) is 6.07 Å². The molecule has 0 radical (unpaired) electrons. The molecule has 2 aromatic rings. The number of H-pyrrole nitrogens is 1. The summed E-state index contributed by atoms with van der Waals surface area (Å²) in [4.78, 5) is 5.77. The number of aromatic nitrogens is 1. The van der Waals surface area contributed by atoms with Crippen molar-refractivity contribution < 1.29 is 4.74 Å². The van der Waals surface area contributed by atoms with Crippen LogP contribution in [0.5, 0.6) is 5.75 Å². The molecule has 0 saturated heterocycles. The summed E-state index contributed by atoms with van der Waals surface area (Å²) in [7, 11) is 1.71. The Bertz CT molecular complexity index is 500. The molecule has 0 aliphatic heterocycles. The third kappa shape index (κ3) is 2.67. The van der Waals surface area contributed by atoms with E-state index in [1.54, 1.807) is 7.11 Å². The minimum absolute atomic E-state index is 0.922. The van der Waals surface area contributed by atoms with Gasteiger partial charge in [-0.25, -0.2) is 0 Å². The highest BCUT2D eigenvalue weighted by molar-refractivity contribution is 5.84. The summed E-state index contributed by atoms with van der Waals surface area (Å²) in [6.45, 7) is 7.75. The maximum absolute atomic E-state index is 5.29. The fourth-order valence-corrected chi connectivity index (χ4v) is 2.31. The fraction of sp³-hybridized carbons (Fsp3) is 0.467. The Labute approximate surface area is 109 Å². The lowest BCUT2D eigenvalue weighted by atomic mass is 10.1. The second-order valence-corrected chi connectivity index (χ2v) is 4.50. The van der Waals surface area contributed by atoms with Crippen LogP contribution >= 0.6 is 0 Å². The molecule has 3 heteroatoms. The lowest BCUT2D eigenvalue weighted by Gasteiger charge is -2.17. The molecule has 0 fully saturated rings. The molecule has 0 atom stereocenters. The van der Waals surface area contributed by atoms with E-state index in [9.17, 15) is 0 Å². The molecule has 0 unspecified atom stereocenters. The second kappa shape index (κ2) is 5.91. The van der Waals surface area contributed by atoms with Crippen molar-refractivity contribution in [3.8, 4) is 5.75 Å². The summed E-state index contributed by atoms with van der Waals surface area (Å²) < 4.78 is 5.29. The van der Waals surface area contributed by atoms with E-state index in [-0.39, 0.29) is 0 Å². The standard InChI is InChI=1S/C15H22N2O/c1-4-17(5-2)9-8-12-11-16-15-7-6-13(18-3)10-14(12)15/h6-7,10-11,16H,4-5,8-9H2,1-3H3. The summed E-state index contributed by atoms with van der Waals surface area (Å²) >= 11 is 0.